The van der Waals surface area contributed by atoms with E-state index in [-0.39, 0.29) is 42.3 Å². The number of piperazine rings is 1. The number of nitrogens with one attached hydrogen (secondary N) is 1. The lowest BCUT2D eigenvalue weighted by molar-refractivity contribution is -0.122. The number of hydrogen-bond donors (Lipinski definition) is 1. The molecule has 2 fully saturated rings. The maximum Gasteiger partial charge on any atom is 0.253 e. The van der Waals surface area contributed by atoms with Crippen LogP contribution in [0, 0.1) is 18.3 Å². The molecule has 138 valence electrons. The zero-order chi connectivity index (χ0) is 18.7. The Morgan fingerprint density at radius 3 is 2.85 bits per heavy atom. The van der Waals surface area contributed by atoms with Crippen molar-refractivity contribution in [3.05, 3.63) is 29.8 Å². The first-order chi connectivity index (χ1) is 12.4. The van der Waals surface area contributed by atoms with Gasteiger partial charge in [0.25, 0.3) is 5.91 Å². The van der Waals surface area contributed by atoms with Gasteiger partial charge < -0.3 is 10.2 Å². The van der Waals surface area contributed by atoms with Crippen LogP contribution in [0.4, 0.5) is 0 Å². The Kier molecular flexibility index (Phi) is 5.30. The van der Waals surface area contributed by atoms with Crippen LogP contribution < -0.4 is 5.32 Å². The SMILES string of the molecule is C#C[C@H]1CCCN(C(=O)c2cccc(S(=O)(=O)N3CCNC(=O)C3)c2)C1. The van der Waals surface area contributed by atoms with Gasteiger partial charge >= 0.3 is 0 Å². The van der Waals surface area contributed by atoms with Crippen LogP contribution in [0.1, 0.15) is 23.2 Å². The summed E-state index contributed by atoms with van der Waals surface area (Å²) in [6.07, 6.45) is 7.20. The number of amides is 2. The number of terminal acetylenes is 1. The molecule has 26 heavy (non-hydrogen) atoms. The molecule has 1 atom stereocenters. The van der Waals surface area contributed by atoms with E-state index in [1.54, 1.807) is 17.0 Å². The second-order valence-corrected chi connectivity index (χ2v) is 8.41. The highest BCUT2D eigenvalue weighted by Crippen LogP contribution is 2.21. The van der Waals surface area contributed by atoms with Crippen molar-refractivity contribution < 1.29 is 18.0 Å². The molecular weight excluding hydrogens is 354 g/mol. The molecule has 2 amide bonds. The fourth-order valence-electron chi connectivity index (χ4n) is 3.24. The molecule has 0 aliphatic carbocycles. The zero-order valence-corrected chi connectivity index (χ0v) is 15.2. The highest BCUT2D eigenvalue weighted by atomic mass is 32.2. The minimum atomic E-state index is -3.83. The normalized spacial score (nSPS) is 21.7. The molecule has 2 heterocycles. The molecule has 8 heteroatoms. The number of nitrogens with zero attached hydrogens (tertiary/aromatic N) is 2. The zero-order valence-electron chi connectivity index (χ0n) is 14.3. The highest BCUT2D eigenvalue weighted by Gasteiger charge is 2.30. The van der Waals surface area contributed by atoms with E-state index in [9.17, 15) is 18.0 Å². The van der Waals surface area contributed by atoms with Crippen molar-refractivity contribution in [1.82, 2.24) is 14.5 Å². The van der Waals surface area contributed by atoms with Gasteiger partial charge in [-0.3, -0.25) is 9.59 Å². The number of likely N-dealkylation sites (tertiary alicyclic amines) is 1. The lowest BCUT2D eigenvalue weighted by Gasteiger charge is -2.30. The average molecular weight is 375 g/mol. The molecule has 2 saturated heterocycles. The van der Waals surface area contributed by atoms with Crippen molar-refractivity contribution in [2.24, 2.45) is 5.92 Å². The second kappa shape index (κ2) is 7.48. The molecule has 1 N–H and O–H groups in total. The minimum absolute atomic E-state index is 0.0172. The molecule has 0 spiro atoms. The number of hydrogen-bond acceptors (Lipinski definition) is 4. The van der Waals surface area contributed by atoms with E-state index in [1.807, 2.05) is 0 Å². The Morgan fingerprint density at radius 1 is 1.31 bits per heavy atom. The molecule has 1 aromatic carbocycles. The molecule has 2 aliphatic heterocycles. The molecule has 0 radical (unpaired) electrons. The number of benzene rings is 1. The van der Waals surface area contributed by atoms with Crippen LogP contribution in [0.15, 0.2) is 29.2 Å². The van der Waals surface area contributed by atoms with E-state index in [2.05, 4.69) is 11.2 Å². The summed E-state index contributed by atoms with van der Waals surface area (Å²) in [6.45, 7) is 1.37. The van der Waals surface area contributed by atoms with E-state index in [0.717, 1.165) is 17.1 Å². The number of piperidine rings is 1. The summed E-state index contributed by atoms with van der Waals surface area (Å²) in [5, 5.41) is 2.60. The van der Waals surface area contributed by atoms with Crippen LogP contribution in [0.3, 0.4) is 0 Å². The van der Waals surface area contributed by atoms with Gasteiger partial charge in [-0.1, -0.05) is 6.07 Å². The Labute approximate surface area is 153 Å². The van der Waals surface area contributed by atoms with Gasteiger partial charge in [-0.15, -0.1) is 12.3 Å². The van der Waals surface area contributed by atoms with Crippen LogP contribution in [-0.4, -0.2) is 62.2 Å². The highest BCUT2D eigenvalue weighted by molar-refractivity contribution is 7.89. The topological polar surface area (TPSA) is 86.8 Å². The van der Waals surface area contributed by atoms with Gasteiger partial charge in [-0.05, 0) is 31.0 Å². The van der Waals surface area contributed by atoms with Crippen molar-refractivity contribution >= 4 is 21.8 Å². The molecule has 2 aliphatic rings. The third-order valence-corrected chi connectivity index (χ3v) is 6.51. The van der Waals surface area contributed by atoms with E-state index in [1.165, 1.54) is 12.1 Å². The molecule has 0 aromatic heterocycles. The van der Waals surface area contributed by atoms with Crippen molar-refractivity contribution in [2.45, 2.75) is 17.7 Å². The first kappa shape index (κ1) is 18.4. The maximum atomic E-state index is 12.8. The summed E-state index contributed by atoms with van der Waals surface area (Å²) in [5.41, 5.74) is 0.310. The van der Waals surface area contributed by atoms with Crippen LogP contribution in [0.2, 0.25) is 0 Å². The van der Waals surface area contributed by atoms with Crippen molar-refractivity contribution in [3.63, 3.8) is 0 Å². The van der Waals surface area contributed by atoms with Gasteiger partial charge in [0, 0.05) is 37.7 Å². The predicted molar refractivity (Wildman–Crippen MR) is 95.7 cm³/mol. The average Bonchev–Trinajstić information content (AvgIpc) is 2.67. The van der Waals surface area contributed by atoms with Crippen LogP contribution in [0.25, 0.3) is 0 Å². The third kappa shape index (κ3) is 3.74. The monoisotopic (exact) mass is 375 g/mol. The predicted octanol–water partition coefficient (Wildman–Crippen LogP) is 0.293. The summed E-state index contributed by atoms with van der Waals surface area (Å²) in [5.74, 6) is 2.17. The molecule has 3 rings (SSSR count). The summed E-state index contributed by atoms with van der Waals surface area (Å²) in [7, 11) is -3.83. The number of carbonyl (C=O) groups is 2. The lowest BCUT2D eigenvalue weighted by Crippen LogP contribution is -2.49. The Balaban J connectivity index is 1.82. The summed E-state index contributed by atoms with van der Waals surface area (Å²) in [6, 6.07) is 5.97. The largest absolute Gasteiger partial charge is 0.354 e. The molecular formula is C18H21N3O4S. The minimum Gasteiger partial charge on any atom is -0.354 e. The molecule has 0 unspecified atom stereocenters. The van der Waals surface area contributed by atoms with Gasteiger partial charge in [-0.2, -0.15) is 4.31 Å². The summed E-state index contributed by atoms with van der Waals surface area (Å²) < 4.78 is 26.7. The fraction of sp³-hybridized carbons (Fsp3) is 0.444. The van der Waals surface area contributed by atoms with E-state index in [0.29, 0.717) is 18.7 Å². The first-order valence-electron chi connectivity index (χ1n) is 8.54. The number of rotatable bonds is 3. The second-order valence-electron chi connectivity index (χ2n) is 6.47. The standard InChI is InChI=1S/C18H21N3O4S/c1-2-14-5-4-9-20(12-14)18(23)15-6-3-7-16(11-15)26(24,25)21-10-8-19-17(22)13-21/h1,3,6-7,11,14H,4-5,8-10,12-13H2,(H,19,22)/t14-/m0/s1. The maximum absolute atomic E-state index is 12.8. The molecule has 1 aromatic rings. The van der Waals surface area contributed by atoms with Gasteiger partial charge in [0.1, 0.15) is 0 Å². The van der Waals surface area contributed by atoms with Crippen molar-refractivity contribution in [1.29, 1.82) is 0 Å². The molecule has 7 nitrogen and oxygen atoms in total. The van der Waals surface area contributed by atoms with Crippen LogP contribution >= 0.6 is 0 Å². The van der Waals surface area contributed by atoms with Crippen molar-refractivity contribution in [2.75, 3.05) is 32.7 Å². The fourth-order valence-corrected chi connectivity index (χ4v) is 4.68. The van der Waals surface area contributed by atoms with E-state index < -0.39 is 10.0 Å². The van der Waals surface area contributed by atoms with Crippen LogP contribution in [-0.2, 0) is 14.8 Å². The van der Waals surface area contributed by atoms with Gasteiger partial charge in [0.15, 0.2) is 0 Å². The Bertz CT molecular complexity index is 859. The Morgan fingerprint density at radius 2 is 2.12 bits per heavy atom. The van der Waals surface area contributed by atoms with Crippen LogP contribution in [0.5, 0.6) is 0 Å². The van der Waals surface area contributed by atoms with Gasteiger partial charge in [0.2, 0.25) is 15.9 Å². The summed E-state index contributed by atoms with van der Waals surface area (Å²) >= 11 is 0. The van der Waals surface area contributed by atoms with E-state index >= 15 is 0 Å². The van der Waals surface area contributed by atoms with Crippen molar-refractivity contribution in [3.8, 4) is 12.3 Å². The van der Waals surface area contributed by atoms with Gasteiger partial charge in [0.05, 0.1) is 11.4 Å². The Hall–Kier alpha value is -2.37. The third-order valence-electron chi connectivity index (χ3n) is 4.67. The summed E-state index contributed by atoms with van der Waals surface area (Å²) in [4.78, 5) is 25.9. The number of sulfonamides is 1. The van der Waals surface area contributed by atoms with Gasteiger partial charge in [-0.25, -0.2) is 8.42 Å². The quantitative estimate of drug-likeness (QED) is 0.770. The molecule has 0 saturated carbocycles. The smallest absolute Gasteiger partial charge is 0.253 e. The number of carbonyl (C=O) groups excluding carboxylic acids is 2. The van der Waals surface area contributed by atoms with E-state index in [4.69, 9.17) is 6.42 Å². The lowest BCUT2D eigenvalue weighted by atomic mass is 9.98. The molecule has 0 bridgehead atoms. The first-order valence-corrected chi connectivity index (χ1v) is 9.98.